The summed E-state index contributed by atoms with van der Waals surface area (Å²) in [6.07, 6.45) is 0. The van der Waals surface area contributed by atoms with Gasteiger partial charge in [0.2, 0.25) is 5.78 Å². The third-order valence-corrected chi connectivity index (χ3v) is 4.71. The van der Waals surface area contributed by atoms with E-state index in [1.54, 1.807) is 19.2 Å². The van der Waals surface area contributed by atoms with Crippen LogP contribution in [-0.4, -0.2) is 36.6 Å². The van der Waals surface area contributed by atoms with Gasteiger partial charge in [-0.3, -0.25) is 4.79 Å². The quantitative estimate of drug-likeness (QED) is 0.556. The van der Waals surface area contributed by atoms with Crippen molar-refractivity contribution in [3.63, 3.8) is 0 Å². The lowest BCUT2D eigenvalue weighted by Crippen LogP contribution is -2.17. The molecule has 1 aromatic carbocycles. The molecule has 0 saturated carbocycles. The summed E-state index contributed by atoms with van der Waals surface area (Å²) in [7, 11) is 1.66. The highest BCUT2D eigenvalue weighted by molar-refractivity contribution is 6.00. The van der Waals surface area contributed by atoms with Gasteiger partial charge in [0.25, 0.3) is 0 Å². The van der Waals surface area contributed by atoms with Crippen LogP contribution in [0.5, 0.6) is 0 Å². The molecule has 5 nitrogen and oxygen atoms in total. The number of aromatic nitrogens is 1. The van der Waals surface area contributed by atoms with Crippen LogP contribution in [0.2, 0.25) is 0 Å². The monoisotopic (exact) mass is 357 g/mol. The maximum atomic E-state index is 12.5. The van der Waals surface area contributed by atoms with Gasteiger partial charge in [0.15, 0.2) is 6.61 Å². The van der Waals surface area contributed by atoms with Crippen molar-refractivity contribution >= 4 is 11.8 Å². The zero-order valence-electron chi connectivity index (χ0n) is 16.4. The molecule has 0 aliphatic rings. The van der Waals surface area contributed by atoms with Crippen molar-refractivity contribution in [2.24, 2.45) is 0 Å². The summed E-state index contributed by atoms with van der Waals surface area (Å²) in [6.45, 7) is 10.1. The molecule has 0 bridgehead atoms. The van der Waals surface area contributed by atoms with E-state index in [4.69, 9.17) is 9.47 Å². The highest BCUT2D eigenvalue weighted by Crippen LogP contribution is 2.21. The first kappa shape index (κ1) is 19.9. The number of ether oxygens (including phenoxy) is 2. The largest absolute Gasteiger partial charge is 0.454 e. The lowest BCUT2D eigenvalue weighted by Gasteiger charge is -2.17. The molecule has 5 heteroatoms. The molecule has 0 N–H and O–H groups in total. The van der Waals surface area contributed by atoms with Crippen molar-refractivity contribution in [1.82, 2.24) is 4.57 Å². The lowest BCUT2D eigenvalue weighted by molar-refractivity contribution is 0.0474. The SMILES string of the molecule is COC[C@@H](C)n1c(C)cc(C(=O)COC(=O)c2ccc(C)c(C)c2)c1C. The molecule has 26 heavy (non-hydrogen) atoms. The number of nitrogens with zero attached hydrogens (tertiary/aromatic N) is 1. The molecule has 140 valence electrons. The van der Waals surface area contributed by atoms with Crippen LogP contribution in [0, 0.1) is 27.7 Å². The Kier molecular flexibility index (Phi) is 6.37. The number of carbonyl (C=O) groups excluding carboxylic acids is 2. The van der Waals surface area contributed by atoms with Crippen LogP contribution in [0.25, 0.3) is 0 Å². The van der Waals surface area contributed by atoms with Gasteiger partial charge in [0.05, 0.1) is 18.2 Å². The van der Waals surface area contributed by atoms with Gasteiger partial charge in [-0.15, -0.1) is 0 Å². The number of ketones is 1. The Balaban J connectivity index is 2.09. The third-order valence-electron chi connectivity index (χ3n) is 4.71. The molecule has 0 amide bonds. The Hall–Kier alpha value is -2.40. The summed E-state index contributed by atoms with van der Waals surface area (Å²) < 4.78 is 12.5. The third kappa shape index (κ3) is 4.22. The number of rotatable bonds is 7. The summed E-state index contributed by atoms with van der Waals surface area (Å²) in [5.74, 6) is -0.686. The second-order valence-electron chi connectivity index (χ2n) is 6.76. The Morgan fingerprint density at radius 3 is 2.38 bits per heavy atom. The van der Waals surface area contributed by atoms with Crippen LogP contribution >= 0.6 is 0 Å². The maximum Gasteiger partial charge on any atom is 0.338 e. The zero-order valence-corrected chi connectivity index (χ0v) is 16.4. The first-order valence-electron chi connectivity index (χ1n) is 8.71. The summed E-state index contributed by atoms with van der Waals surface area (Å²) in [5.41, 5.74) is 5.00. The minimum atomic E-state index is -0.483. The van der Waals surface area contributed by atoms with E-state index in [0.29, 0.717) is 17.7 Å². The Bertz CT molecular complexity index is 820. The molecule has 0 spiro atoms. The molecule has 0 aliphatic heterocycles. The number of hydrogen-bond donors (Lipinski definition) is 0. The molecule has 2 aromatic rings. The fourth-order valence-corrected chi connectivity index (χ4v) is 3.21. The van der Waals surface area contributed by atoms with Gasteiger partial charge in [-0.2, -0.15) is 0 Å². The summed E-state index contributed by atoms with van der Waals surface area (Å²) >= 11 is 0. The molecule has 0 unspecified atom stereocenters. The molecular formula is C21H27NO4. The normalized spacial score (nSPS) is 12.1. The molecular weight excluding hydrogens is 330 g/mol. The fourth-order valence-electron chi connectivity index (χ4n) is 3.21. The second-order valence-corrected chi connectivity index (χ2v) is 6.76. The zero-order chi connectivity index (χ0) is 19.4. The molecule has 1 heterocycles. The van der Waals surface area contributed by atoms with E-state index in [-0.39, 0.29) is 18.4 Å². The Morgan fingerprint density at radius 1 is 1.08 bits per heavy atom. The van der Waals surface area contributed by atoms with Crippen molar-refractivity contribution < 1.29 is 19.1 Å². The average molecular weight is 357 g/mol. The minimum absolute atomic E-state index is 0.125. The van der Waals surface area contributed by atoms with E-state index in [1.165, 1.54) is 0 Å². The van der Waals surface area contributed by atoms with Gasteiger partial charge in [-0.05, 0) is 63.9 Å². The summed E-state index contributed by atoms with van der Waals surface area (Å²) in [4.78, 5) is 24.7. The molecule has 0 saturated heterocycles. The number of benzene rings is 1. The van der Waals surface area contributed by atoms with Crippen LogP contribution in [0.15, 0.2) is 24.3 Å². The van der Waals surface area contributed by atoms with Gasteiger partial charge in [0, 0.05) is 24.1 Å². The fraction of sp³-hybridized carbons (Fsp3) is 0.429. The highest BCUT2D eigenvalue weighted by Gasteiger charge is 2.20. The number of Topliss-reactive ketones (excluding diaryl/α,β-unsaturated/α-hetero) is 1. The number of aryl methyl sites for hydroxylation is 3. The minimum Gasteiger partial charge on any atom is -0.454 e. The van der Waals surface area contributed by atoms with Gasteiger partial charge in [0.1, 0.15) is 0 Å². The maximum absolute atomic E-state index is 12.5. The van der Waals surface area contributed by atoms with Crippen LogP contribution in [0.4, 0.5) is 0 Å². The van der Waals surface area contributed by atoms with Crippen molar-refractivity contribution in [3.05, 3.63) is 57.9 Å². The molecule has 0 radical (unpaired) electrons. The van der Waals surface area contributed by atoms with Gasteiger partial charge >= 0.3 is 5.97 Å². The van der Waals surface area contributed by atoms with Crippen LogP contribution in [0.3, 0.4) is 0 Å². The Labute approximate surface area is 154 Å². The van der Waals surface area contributed by atoms with E-state index >= 15 is 0 Å². The van der Waals surface area contributed by atoms with Crippen molar-refractivity contribution in [2.45, 2.75) is 40.7 Å². The van der Waals surface area contributed by atoms with Crippen LogP contribution in [-0.2, 0) is 9.47 Å². The first-order valence-corrected chi connectivity index (χ1v) is 8.71. The number of esters is 1. The topological polar surface area (TPSA) is 57.5 Å². The van der Waals surface area contributed by atoms with Crippen LogP contribution in [0.1, 0.15) is 56.2 Å². The van der Waals surface area contributed by atoms with Gasteiger partial charge in [-0.1, -0.05) is 6.07 Å². The van der Waals surface area contributed by atoms with E-state index < -0.39 is 5.97 Å². The van der Waals surface area contributed by atoms with Crippen LogP contribution < -0.4 is 0 Å². The molecule has 1 aromatic heterocycles. The predicted octanol–water partition coefficient (Wildman–Crippen LogP) is 3.97. The van der Waals surface area contributed by atoms with E-state index in [9.17, 15) is 9.59 Å². The molecule has 2 rings (SSSR count). The Morgan fingerprint density at radius 2 is 1.77 bits per heavy atom. The van der Waals surface area contributed by atoms with Gasteiger partial charge < -0.3 is 14.0 Å². The standard InChI is InChI=1S/C21H27NO4/c1-13-7-8-18(9-14(13)2)21(24)26-12-20(23)19-10-15(3)22(17(19)5)16(4)11-25-6/h7-10,16H,11-12H2,1-6H3/t16-/m1/s1. The van der Waals surface area contributed by atoms with E-state index in [1.807, 2.05) is 46.8 Å². The van der Waals surface area contributed by atoms with Crippen molar-refractivity contribution in [3.8, 4) is 0 Å². The van der Waals surface area contributed by atoms with E-state index in [0.717, 1.165) is 22.5 Å². The average Bonchev–Trinajstić information content (AvgIpc) is 2.89. The molecule has 0 fully saturated rings. The van der Waals surface area contributed by atoms with Crippen molar-refractivity contribution in [2.75, 3.05) is 20.3 Å². The molecule has 0 aliphatic carbocycles. The number of carbonyl (C=O) groups is 2. The molecule has 1 atom stereocenters. The smallest absolute Gasteiger partial charge is 0.338 e. The first-order chi connectivity index (χ1) is 12.3. The predicted molar refractivity (Wildman–Crippen MR) is 101 cm³/mol. The van der Waals surface area contributed by atoms with Crippen molar-refractivity contribution in [1.29, 1.82) is 0 Å². The number of methoxy groups -OCH3 is 1. The summed E-state index contributed by atoms with van der Waals surface area (Å²) in [5, 5.41) is 0. The lowest BCUT2D eigenvalue weighted by atomic mass is 10.1. The highest BCUT2D eigenvalue weighted by atomic mass is 16.5. The number of hydrogen-bond acceptors (Lipinski definition) is 4. The second kappa shape index (κ2) is 8.32. The van der Waals surface area contributed by atoms with Gasteiger partial charge in [-0.25, -0.2) is 4.79 Å². The van der Waals surface area contributed by atoms with E-state index in [2.05, 4.69) is 4.57 Å². The summed E-state index contributed by atoms with van der Waals surface area (Å²) in [6, 6.07) is 7.33.